The van der Waals surface area contributed by atoms with E-state index in [1.165, 1.54) is 18.8 Å². The second-order valence-corrected chi connectivity index (χ2v) is 22.3. The number of nitrogens with zero attached hydrogens (tertiary/aromatic N) is 1. The molecule has 7 unspecified atom stereocenters. The fourth-order valence-electron chi connectivity index (χ4n) is 12.7. The van der Waals surface area contributed by atoms with Crippen molar-refractivity contribution in [3.8, 4) is 17.2 Å². The molecule has 2 aromatic carbocycles. The molecule has 14 heteroatoms. The van der Waals surface area contributed by atoms with Gasteiger partial charge in [-0.2, -0.15) is 0 Å². The maximum atomic E-state index is 15.7. The van der Waals surface area contributed by atoms with Crippen LogP contribution in [0.2, 0.25) is 0 Å². The Balaban J connectivity index is 1.29. The lowest BCUT2D eigenvalue weighted by Crippen LogP contribution is -2.79. The van der Waals surface area contributed by atoms with Crippen molar-refractivity contribution >= 4 is 35.0 Å². The van der Waals surface area contributed by atoms with E-state index in [9.17, 15) is 24.9 Å². The highest BCUT2D eigenvalue weighted by Crippen LogP contribution is 2.70. The first-order valence-corrected chi connectivity index (χ1v) is 25.1. The minimum absolute atomic E-state index is 0.0474. The Hall–Kier alpha value is -5.22. The van der Waals surface area contributed by atoms with Gasteiger partial charge in [-0.3, -0.25) is 14.6 Å². The Morgan fingerprint density at radius 2 is 1.68 bits per heavy atom. The van der Waals surface area contributed by atoms with Crippen LogP contribution in [0.3, 0.4) is 0 Å². The van der Waals surface area contributed by atoms with Gasteiger partial charge in [0.05, 0.1) is 42.2 Å². The molecule has 11 rings (SSSR count). The molecular formula is C57H67NO13. The molecule has 0 amide bonds. The Morgan fingerprint density at radius 3 is 2.37 bits per heavy atom. The zero-order valence-corrected chi connectivity index (χ0v) is 42.6. The van der Waals surface area contributed by atoms with Crippen molar-refractivity contribution in [1.29, 1.82) is 0 Å². The summed E-state index contributed by atoms with van der Waals surface area (Å²) in [5.41, 5.74) is 1.44. The van der Waals surface area contributed by atoms with E-state index in [-0.39, 0.29) is 48.2 Å². The van der Waals surface area contributed by atoms with E-state index in [0.29, 0.717) is 63.4 Å². The highest BCUT2D eigenvalue weighted by molar-refractivity contribution is 6.30. The van der Waals surface area contributed by atoms with Gasteiger partial charge in [0.1, 0.15) is 47.3 Å². The lowest BCUT2D eigenvalue weighted by molar-refractivity contribution is -0.373. The third kappa shape index (κ3) is 7.56. The maximum absolute atomic E-state index is 15.7. The average molecular weight is 974 g/mol. The molecule has 3 saturated carbocycles. The minimum atomic E-state index is -2.28. The second kappa shape index (κ2) is 17.5. The zero-order valence-electron chi connectivity index (χ0n) is 42.6. The summed E-state index contributed by atoms with van der Waals surface area (Å²) in [6.07, 6.45) is 5.05. The largest absolute Gasteiger partial charge is 0.482 e. The topological polar surface area (TPSA) is 189 Å². The van der Waals surface area contributed by atoms with Crippen LogP contribution in [0, 0.1) is 29.6 Å². The van der Waals surface area contributed by atoms with Gasteiger partial charge in [-0.15, -0.1) is 0 Å². The van der Waals surface area contributed by atoms with E-state index in [1.54, 1.807) is 26.8 Å². The molecular weight excluding hydrogens is 907 g/mol. The average Bonchev–Trinajstić information content (AvgIpc) is 3.61. The van der Waals surface area contributed by atoms with Gasteiger partial charge in [-0.05, 0) is 99.1 Å². The highest BCUT2D eigenvalue weighted by Gasteiger charge is 2.78. The van der Waals surface area contributed by atoms with Crippen molar-refractivity contribution in [3.63, 3.8) is 0 Å². The molecule has 2 saturated heterocycles. The molecule has 5 fully saturated rings. The first-order chi connectivity index (χ1) is 33.6. The van der Waals surface area contributed by atoms with Crippen LogP contribution in [0.15, 0.2) is 75.9 Å². The smallest absolute Gasteiger partial charge is 0.333 e. The van der Waals surface area contributed by atoms with Crippen molar-refractivity contribution in [2.24, 2.45) is 34.6 Å². The summed E-state index contributed by atoms with van der Waals surface area (Å²) in [5.74, 6) is -4.64. The van der Waals surface area contributed by atoms with Crippen LogP contribution in [0.5, 0.6) is 17.2 Å². The molecule has 9 aliphatic rings. The van der Waals surface area contributed by atoms with Crippen molar-refractivity contribution < 1.29 is 62.9 Å². The quantitative estimate of drug-likeness (QED) is 0.112. The number of methoxy groups -OCH3 is 1. The van der Waals surface area contributed by atoms with Gasteiger partial charge in [0.15, 0.2) is 28.6 Å². The first kappa shape index (κ1) is 49.4. The molecule has 3 N–H and O–H groups in total. The Bertz CT molecular complexity index is 2800. The van der Waals surface area contributed by atoms with Gasteiger partial charge in [-0.1, -0.05) is 67.5 Å². The van der Waals surface area contributed by atoms with Crippen LogP contribution in [-0.2, 0) is 35.0 Å². The van der Waals surface area contributed by atoms with Crippen LogP contribution in [0.1, 0.15) is 128 Å². The summed E-state index contributed by atoms with van der Waals surface area (Å²) in [7, 11) is 1.28. The number of fused-ring (bicyclic) bond motifs is 9. The van der Waals surface area contributed by atoms with Crippen LogP contribution in [0.4, 0.5) is 0 Å². The molecule has 0 radical (unpaired) electrons. The predicted octanol–water partition coefficient (Wildman–Crippen LogP) is 7.97. The summed E-state index contributed by atoms with van der Waals surface area (Å²) in [6.45, 7) is 19.3. The molecule has 378 valence electrons. The fourth-order valence-corrected chi connectivity index (χ4v) is 12.7. The number of hydrogen-bond acceptors (Lipinski definition) is 14. The number of aliphatic imine (C=N–C) groups is 1. The molecule has 4 aliphatic carbocycles. The molecule has 2 aromatic rings. The van der Waals surface area contributed by atoms with Crippen LogP contribution >= 0.6 is 0 Å². The van der Waals surface area contributed by atoms with Crippen molar-refractivity contribution in [1.82, 2.24) is 0 Å². The van der Waals surface area contributed by atoms with E-state index in [0.717, 1.165) is 12.0 Å². The van der Waals surface area contributed by atoms with E-state index in [4.69, 9.17) is 38.2 Å². The number of rotatable bonds is 11. The molecule has 5 heterocycles. The third-order valence-electron chi connectivity index (χ3n) is 16.2. The van der Waals surface area contributed by atoms with E-state index in [2.05, 4.69) is 26.0 Å². The van der Waals surface area contributed by atoms with Gasteiger partial charge in [-0.25, -0.2) is 4.79 Å². The fraction of sp³-hybridized carbons (Fsp3) is 0.544. The number of allylic oxidation sites excluding steroid dienone is 4. The highest BCUT2D eigenvalue weighted by atomic mass is 16.8. The van der Waals surface area contributed by atoms with Crippen molar-refractivity contribution in [2.75, 3.05) is 13.7 Å². The Morgan fingerprint density at radius 1 is 0.958 bits per heavy atom. The number of Topliss-reactive ketones (excluding diaryl/α,β-unsaturated/α-hetero) is 2. The van der Waals surface area contributed by atoms with Crippen molar-refractivity contribution in [2.45, 2.75) is 155 Å². The summed E-state index contributed by atoms with van der Waals surface area (Å²) in [4.78, 5) is 49.1. The van der Waals surface area contributed by atoms with Crippen molar-refractivity contribution in [3.05, 3.63) is 98.7 Å². The Kier molecular flexibility index (Phi) is 12.2. The Labute approximate surface area is 415 Å². The SMILES string of the molecule is COC(=O)/C(C)=C\CC1(O)C(=O)C2CC(C(C)C)C13Oc1c(CC=C(C)C)c4c(c(O[C@@H]5O[C@@H]6COC(C)(C)O[C@H]6[C@H](O)[C@H]5O)c1C1=C3C2C2C(=O)c3ccccc3C2=N1)C=CC(C)(CCC=C(C)C)O4. The van der Waals surface area contributed by atoms with Crippen LogP contribution < -0.4 is 14.2 Å². The van der Waals surface area contributed by atoms with E-state index in [1.807, 2.05) is 65.0 Å². The van der Waals surface area contributed by atoms with E-state index >= 15 is 4.79 Å². The van der Waals surface area contributed by atoms with E-state index < -0.39 is 88.7 Å². The summed E-state index contributed by atoms with van der Waals surface area (Å²) < 4.78 is 45.8. The number of carbonyl (C=O) groups excluding carboxylic acids is 3. The standard InChI is InChI=1S/C57H67NO13/c1-27(2)15-14-22-55(10)23-21-34-47(70-55)33(19-18-28(3)4)49-40(48(34)68-53-46(61)45(60)50-37(67-53)26-66-54(8,9)69-50)43-41-38(39-42(58-43)31-16-12-13-17-32(31)44(39)59)35-25-36(29(5)6)57(41,71-49)56(64,51(35)62)24-20-30(7)52(63)65-11/h12-13,15-18,20-21,23,29,35-39,45-46,50,53,60-61,64H,14,19,22,24-26H2,1-11H3/b30-20-/t35?,36?,37-,38?,39?,45-,46-,50-,53+,55?,56?,57?/m1/s1. The lowest BCUT2D eigenvalue weighted by atomic mass is 9.42. The van der Waals surface area contributed by atoms with Gasteiger partial charge < -0.3 is 48.5 Å². The molecule has 71 heavy (non-hydrogen) atoms. The normalized spacial score (nSPS) is 34.7. The molecule has 0 aromatic heterocycles. The van der Waals surface area contributed by atoms with Gasteiger partial charge in [0.25, 0.3) is 0 Å². The van der Waals surface area contributed by atoms with Crippen LogP contribution in [-0.4, -0.2) is 106 Å². The lowest BCUT2D eigenvalue weighted by Gasteiger charge is -2.66. The molecule has 5 aliphatic heterocycles. The summed E-state index contributed by atoms with van der Waals surface area (Å²) in [6, 6.07) is 7.34. The minimum Gasteiger partial charge on any atom is -0.482 e. The number of aliphatic hydroxyl groups excluding tert-OH is 2. The third-order valence-corrected chi connectivity index (χ3v) is 16.2. The monoisotopic (exact) mass is 973 g/mol. The summed E-state index contributed by atoms with van der Waals surface area (Å²) in [5, 5.41) is 37.5. The number of ether oxygens (including phenoxy) is 7. The van der Waals surface area contributed by atoms with Gasteiger partial charge in [0, 0.05) is 52.0 Å². The number of aliphatic hydroxyl groups is 3. The number of benzene rings is 2. The maximum Gasteiger partial charge on any atom is 0.333 e. The molecule has 2 bridgehead atoms. The van der Waals surface area contributed by atoms with Gasteiger partial charge in [0.2, 0.25) is 6.29 Å². The van der Waals surface area contributed by atoms with Crippen LogP contribution in [0.25, 0.3) is 11.8 Å². The number of ketones is 2. The van der Waals surface area contributed by atoms with Gasteiger partial charge >= 0.3 is 5.97 Å². The predicted molar refractivity (Wildman–Crippen MR) is 264 cm³/mol. The first-order valence-electron chi connectivity index (χ1n) is 25.1. The number of carbonyl (C=O) groups is 3. The molecule has 12 atom stereocenters. The molecule has 1 spiro atoms. The number of hydrogen-bond donors (Lipinski definition) is 3. The zero-order chi connectivity index (χ0) is 50.9. The molecule has 14 nitrogen and oxygen atoms in total. The number of esters is 1. The second-order valence-electron chi connectivity index (χ2n) is 22.3. The summed E-state index contributed by atoms with van der Waals surface area (Å²) >= 11 is 0.